The van der Waals surface area contributed by atoms with Gasteiger partial charge in [-0.05, 0) is 27.9 Å². The summed E-state index contributed by atoms with van der Waals surface area (Å²) in [7, 11) is 0. The number of hydrogen-bond donors (Lipinski definition) is 2. The number of anilines is 1. The lowest BCUT2D eigenvalue weighted by Crippen LogP contribution is -2.34. The molecule has 0 aromatic carbocycles. The predicted octanol–water partition coefficient (Wildman–Crippen LogP) is 3.25. The van der Waals surface area contributed by atoms with Crippen LogP contribution in [0.4, 0.5) is 9.80 Å². The van der Waals surface area contributed by atoms with Gasteiger partial charge in [-0.25, -0.2) is 9.78 Å². The third-order valence-corrected chi connectivity index (χ3v) is 5.66. The normalized spacial score (nSPS) is 14.5. The molecule has 0 unspecified atom stereocenters. The molecular formula is C11H10BrN3O2S2. The maximum atomic E-state index is 11.0. The fourth-order valence-corrected chi connectivity index (χ4v) is 4.73. The second-order valence-electron chi connectivity index (χ2n) is 4.17. The summed E-state index contributed by atoms with van der Waals surface area (Å²) in [5, 5.41) is 12.6. The van der Waals surface area contributed by atoms with Crippen LogP contribution >= 0.6 is 38.6 Å². The molecule has 5 nitrogen and oxygen atoms in total. The standard InChI is InChI=1S/C11H10BrN3O2S2/c12-7-4-18-10(14-7)8-5-1-2-15(11(16)17)3-6(5)19-9(8)13/h4H,1-3,13H2,(H,16,17). The summed E-state index contributed by atoms with van der Waals surface area (Å²) in [5.74, 6) is 0. The van der Waals surface area contributed by atoms with Crippen LogP contribution in [0.1, 0.15) is 10.4 Å². The lowest BCUT2D eigenvalue weighted by atomic mass is 10.0. The number of carboxylic acid groups (broad SMARTS) is 1. The van der Waals surface area contributed by atoms with Crippen LogP contribution in [0.5, 0.6) is 0 Å². The average molecular weight is 360 g/mol. The smallest absolute Gasteiger partial charge is 0.407 e. The minimum absolute atomic E-state index is 0.423. The van der Waals surface area contributed by atoms with E-state index in [-0.39, 0.29) is 0 Å². The second kappa shape index (κ2) is 4.77. The van der Waals surface area contributed by atoms with Gasteiger partial charge < -0.3 is 15.7 Å². The molecule has 100 valence electrons. The molecule has 3 heterocycles. The van der Waals surface area contributed by atoms with Crippen LogP contribution in [0.2, 0.25) is 0 Å². The lowest BCUT2D eigenvalue weighted by molar-refractivity contribution is 0.140. The molecule has 2 aromatic heterocycles. The Labute approximate surface area is 125 Å². The molecule has 1 aliphatic heterocycles. The van der Waals surface area contributed by atoms with Crippen LogP contribution in [0.25, 0.3) is 10.6 Å². The highest BCUT2D eigenvalue weighted by Crippen LogP contribution is 2.43. The maximum Gasteiger partial charge on any atom is 0.407 e. The maximum absolute atomic E-state index is 11.0. The number of fused-ring (bicyclic) bond motifs is 1. The Balaban J connectivity index is 2.03. The molecule has 0 radical (unpaired) electrons. The SMILES string of the molecule is Nc1sc2c(c1-c1nc(Br)cs1)CCN(C(=O)O)C2. The van der Waals surface area contributed by atoms with Crippen molar-refractivity contribution in [1.29, 1.82) is 0 Å². The second-order valence-corrected chi connectivity index (χ2v) is 6.98. The highest BCUT2D eigenvalue weighted by molar-refractivity contribution is 9.10. The number of nitrogen functional groups attached to an aromatic ring is 1. The Morgan fingerprint density at radius 3 is 3.00 bits per heavy atom. The van der Waals surface area contributed by atoms with Gasteiger partial charge in [-0.1, -0.05) is 0 Å². The van der Waals surface area contributed by atoms with E-state index in [4.69, 9.17) is 10.8 Å². The third kappa shape index (κ3) is 2.24. The number of thiophene rings is 1. The zero-order chi connectivity index (χ0) is 13.6. The van der Waals surface area contributed by atoms with Gasteiger partial charge in [0.2, 0.25) is 0 Å². The van der Waals surface area contributed by atoms with E-state index in [0.717, 1.165) is 30.6 Å². The number of nitrogens with zero attached hydrogens (tertiary/aromatic N) is 2. The van der Waals surface area contributed by atoms with Crippen LogP contribution in [0.3, 0.4) is 0 Å². The highest BCUT2D eigenvalue weighted by atomic mass is 79.9. The van der Waals surface area contributed by atoms with E-state index < -0.39 is 6.09 Å². The van der Waals surface area contributed by atoms with Crippen molar-refractivity contribution in [3.05, 3.63) is 20.4 Å². The van der Waals surface area contributed by atoms with Crippen LogP contribution in [-0.2, 0) is 13.0 Å². The zero-order valence-corrected chi connectivity index (χ0v) is 12.9. The number of hydrogen-bond acceptors (Lipinski definition) is 5. The van der Waals surface area contributed by atoms with Crippen LogP contribution in [0.15, 0.2) is 9.98 Å². The van der Waals surface area contributed by atoms with Crippen molar-refractivity contribution in [2.45, 2.75) is 13.0 Å². The van der Waals surface area contributed by atoms with E-state index in [1.807, 2.05) is 5.38 Å². The van der Waals surface area contributed by atoms with Gasteiger partial charge in [0, 0.05) is 22.4 Å². The molecule has 0 saturated carbocycles. The summed E-state index contributed by atoms with van der Waals surface area (Å²) in [4.78, 5) is 17.9. The molecule has 0 fully saturated rings. The van der Waals surface area contributed by atoms with Gasteiger partial charge in [0.05, 0.1) is 11.5 Å². The molecule has 3 N–H and O–H groups in total. The largest absolute Gasteiger partial charge is 0.465 e. The number of halogens is 1. The van der Waals surface area contributed by atoms with Gasteiger partial charge in [-0.2, -0.15) is 0 Å². The monoisotopic (exact) mass is 359 g/mol. The van der Waals surface area contributed by atoms with E-state index in [2.05, 4.69) is 20.9 Å². The summed E-state index contributed by atoms with van der Waals surface area (Å²) in [5.41, 5.74) is 8.23. The number of amides is 1. The summed E-state index contributed by atoms with van der Waals surface area (Å²) in [6, 6.07) is 0. The molecule has 0 saturated heterocycles. The fourth-order valence-electron chi connectivity index (χ4n) is 2.19. The Hall–Kier alpha value is -1.12. The number of rotatable bonds is 1. The van der Waals surface area contributed by atoms with Gasteiger partial charge in [0.25, 0.3) is 0 Å². The Kier molecular flexibility index (Phi) is 3.23. The molecule has 2 aromatic rings. The van der Waals surface area contributed by atoms with Crippen molar-refractivity contribution in [3.63, 3.8) is 0 Å². The van der Waals surface area contributed by atoms with Gasteiger partial charge in [0.15, 0.2) is 0 Å². The van der Waals surface area contributed by atoms with E-state index in [9.17, 15) is 4.79 Å². The molecular weight excluding hydrogens is 350 g/mol. The zero-order valence-electron chi connectivity index (χ0n) is 9.72. The fraction of sp³-hybridized carbons (Fsp3) is 0.273. The van der Waals surface area contributed by atoms with Crippen molar-refractivity contribution < 1.29 is 9.90 Å². The van der Waals surface area contributed by atoms with Gasteiger partial charge in [0.1, 0.15) is 9.61 Å². The molecule has 0 spiro atoms. The number of aromatic nitrogens is 1. The molecule has 1 amide bonds. The van der Waals surface area contributed by atoms with E-state index in [1.54, 1.807) is 11.3 Å². The molecule has 1 aliphatic rings. The first-order chi connectivity index (χ1) is 9.06. The predicted molar refractivity (Wildman–Crippen MR) is 79.7 cm³/mol. The van der Waals surface area contributed by atoms with Crippen molar-refractivity contribution >= 4 is 49.7 Å². The van der Waals surface area contributed by atoms with Crippen molar-refractivity contribution in [2.24, 2.45) is 0 Å². The van der Waals surface area contributed by atoms with E-state index in [1.165, 1.54) is 16.2 Å². The number of thiazole rings is 1. The van der Waals surface area contributed by atoms with E-state index in [0.29, 0.717) is 19.5 Å². The van der Waals surface area contributed by atoms with Gasteiger partial charge >= 0.3 is 6.09 Å². The molecule has 3 rings (SSSR count). The minimum Gasteiger partial charge on any atom is -0.465 e. The minimum atomic E-state index is -0.879. The third-order valence-electron chi connectivity index (χ3n) is 3.04. The number of carbonyl (C=O) groups is 1. The van der Waals surface area contributed by atoms with Crippen LogP contribution < -0.4 is 5.73 Å². The van der Waals surface area contributed by atoms with Crippen molar-refractivity contribution in [1.82, 2.24) is 9.88 Å². The quantitative estimate of drug-likeness (QED) is 0.818. The van der Waals surface area contributed by atoms with Crippen LogP contribution in [-0.4, -0.2) is 27.6 Å². The summed E-state index contributed by atoms with van der Waals surface area (Å²) >= 11 is 6.35. The van der Waals surface area contributed by atoms with E-state index >= 15 is 0 Å². The first kappa shape index (κ1) is 12.9. The first-order valence-electron chi connectivity index (χ1n) is 5.55. The van der Waals surface area contributed by atoms with Gasteiger partial charge in [-0.15, -0.1) is 22.7 Å². The topological polar surface area (TPSA) is 79.5 Å². The summed E-state index contributed by atoms with van der Waals surface area (Å²) in [6.45, 7) is 0.935. The molecule has 19 heavy (non-hydrogen) atoms. The average Bonchev–Trinajstić information content (AvgIpc) is 2.90. The summed E-state index contributed by atoms with van der Waals surface area (Å²) in [6.07, 6.45) is -0.182. The Morgan fingerprint density at radius 1 is 1.58 bits per heavy atom. The summed E-state index contributed by atoms with van der Waals surface area (Å²) < 4.78 is 0.801. The van der Waals surface area contributed by atoms with Crippen molar-refractivity contribution in [2.75, 3.05) is 12.3 Å². The molecule has 0 bridgehead atoms. The Morgan fingerprint density at radius 2 is 2.37 bits per heavy atom. The highest BCUT2D eigenvalue weighted by Gasteiger charge is 2.27. The molecule has 0 aliphatic carbocycles. The first-order valence-corrected chi connectivity index (χ1v) is 8.04. The Bertz CT molecular complexity index is 652. The van der Waals surface area contributed by atoms with Crippen molar-refractivity contribution in [3.8, 4) is 10.6 Å². The molecule has 8 heteroatoms. The molecule has 0 atom stereocenters. The van der Waals surface area contributed by atoms with Gasteiger partial charge in [-0.3, -0.25) is 0 Å². The van der Waals surface area contributed by atoms with Crippen LogP contribution in [0, 0.1) is 0 Å². The lowest BCUT2D eigenvalue weighted by Gasteiger charge is -2.24. The number of nitrogens with two attached hydrogens (primary N) is 1.